The van der Waals surface area contributed by atoms with Gasteiger partial charge in [-0.05, 0) is 38.3 Å². The molecule has 1 fully saturated rings. The molecule has 2 atom stereocenters. The Bertz CT molecular complexity index is 637. The molecule has 5 heteroatoms. The quantitative estimate of drug-likeness (QED) is 0.891. The van der Waals surface area contributed by atoms with Crippen LogP contribution in [0.25, 0.3) is 0 Å². The van der Waals surface area contributed by atoms with E-state index in [9.17, 15) is 4.79 Å². The second-order valence-corrected chi connectivity index (χ2v) is 6.24. The second kappa shape index (κ2) is 7.42. The van der Waals surface area contributed by atoms with Gasteiger partial charge < -0.3 is 10.6 Å². The Morgan fingerprint density at radius 1 is 1.35 bits per heavy atom. The molecular weight excluding hydrogens is 288 g/mol. The van der Waals surface area contributed by atoms with Crippen LogP contribution in [0.5, 0.6) is 0 Å². The summed E-state index contributed by atoms with van der Waals surface area (Å²) in [5.74, 6) is 0.987. The SMILES string of the molecule is C[C@H]1C[C@@H](C(=O)Nc2ccnn2CCc2ccccc2)CCN1. The molecular formula is C18H24N4O. The first kappa shape index (κ1) is 15.7. The number of aromatic nitrogens is 2. The number of amides is 1. The van der Waals surface area contributed by atoms with Crippen molar-refractivity contribution in [1.82, 2.24) is 15.1 Å². The van der Waals surface area contributed by atoms with E-state index in [1.807, 2.05) is 28.9 Å². The highest BCUT2D eigenvalue weighted by Gasteiger charge is 2.25. The van der Waals surface area contributed by atoms with Gasteiger partial charge in [-0.1, -0.05) is 30.3 Å². The highest BCUT2D eigenvalue weighted by atomic mass is 16.2. The van der Waals surface area contributed by atoms with Crippen LogP contribution in [0.15, 0.2) is 42.6 Å². The van der Waals surface area contributed by atoms with Gasteiger partial charge in [0.25, 0.3) is 0 Å². The largest absolute Gasteiger partial charge is 0.314 e. The monoisotopic (exact) mass is 312 g/mol. The van der Waals surface area contributed by atoms with E-state index in [4.69, 9.17) is 0 Å². The van der Waals surface area contributed by atoms with Gasteiger partial charge in [0.15, 0.2) is 0 Å². The number of hydrogen-bond donors (Lipinski definition) is 2. The molecule has 1 aliphatic rings. The predicted molar refractivity (Wildman–Crippen MR) is 91.2 cm³/mol. The third-order valence-electron chi connectivity index (χ3n) is 4.42. The Morgan fingerprint density at radius 3 is 2.96 bits per heavy atom. The van der Waals surface area contributed by atoms with Gasteiger partial charge in [-0.3, -0.25) is 4.79 Å². The number of hydrogen-bond acceptors (Lipinski definition) is 3. The fourth-order valence-corrected chi connectivity index (χ4v) is 3.10. The molecule has 1 aromatic carbocycles. The highest BCUT2D eigenvalue weighted by molar-refractivity contribution is 5.91. The van der Waals surface area contributed by atoms with Gasteiger partial charge in [0.2, 0.25) is 5.91 Å². The summed E-state index contributed by atoms with van der Waals surface area (Å²) in [7, 11) is 0. The molecule has 0 bridgehead atoms. The second-order valence-electron chi connectivity index (χ2n) is 6.24. The topological polar surface area (TPSA) is 59.0 Å². The van der Waals surface area contributed by atoms with Crippen molar-refractivity contribution < 1.29 is 4.79 Å². The lowest BCUT2D eigenvalue weighted by Crippen LogP contribution is -2.40. The van der Waals surface area contributed by atoms with E-state index in [2.05, 4.69) is 34.8 Å². The van der Waals surface area contributed by atoms with E-state index in [1.54, 1.807) is 6.20 Å². The van der Waals surface area contributed by atoms with Gasteiger partial charge in [0.05, 0.1) is 6.20 Å². The molecule has 0 saturated carbocycles. The third-order valence-corrected chi connectivity index (χ3v) is 4.42. The number of nitrogens with one attached hydrogen (secondary N) is 2. The van der Waals surface area contributed by atoms with E-state index < -0.39 is 0 Å². The van der Waals surface area contributed by atoms with E-state index in [0.29, 0.717) is 6.04 Å². The molecule has 1 aromatic heterocycles. The van der Waals surface area contributed by atoms with Crippen LogP contribution in [0.3, 0.4) is 0 Å². The summed E-state index contributed by atoms with van der Waals surface area (Å²) in [6, 6.07) is 12.6. The minimum Gasteiger partial charge on any atom is -0.314 e. The van der Waals surface area contributed by atoms with E-state index in [1.165, 1.54) is 5.56 Å². The molecule has 0 unspecified atom stereocenters. The summed E-state index contributed by atoms with van der Waals surface area (Å²) in [4.78, 5) is 12.5. The van der Waals surface area contributed by atoms with Crippen molar-refractivity contribution >= 4 is 11.7 Å². The molecule has 0 aliphatic carbocycles. The lowest BCUT2D eigenvalue weighted by atomic mass is 9.92. The van der Waals surface area contributed by atoms with Gasteiger partial charge in [0, 0.05) is 24.6 Å². The Balaban J connectivity index is 1.58. The standard InChI is InChI=1S/C18H24N4O/c1-14-13-16(7-10-19-14)18(23)21-17-8-11-20-22(17)12-9-15-5-3-2-4-6-15/h2-6,8,11,14,16,19H,7,9-10,12-13H2,1H3,(H,21,23)/t14-,16-/m0/s1. The maximum absolute atomic E-state index is 12.5. The van der Waals surface area contributed by atoms with E-state index in [0.717, 1.165) is 38.2 Å². The van der Waals surface area contributed by atoms with E-state index in [-0.39, 0.29) is 11.8 Å². The normalized spacial score (nSPS) is 21.1. The molecule has 1 saturated heterocycles. The van der Waals surface area contributed by atoms with Crippen LogP contribution in [0.4, 0.5) is 5.82 Å². The average molecular weight is 312 g/mol. The fraction of sp³-hybridized carbons (Fsp3) is 0.444. The van der Waals surface area contributed by atoms with Gasteiger partial charge in [-0.25, -0.2) is 4.68 Å². The lowest BCUT2D eigenvalue weighted by Gasteiger charge is -2.27. The number of rotatable bonds is 5. The van der Waals surface area contributed by atoms with Crippen LogP contribution < -0.4 is 10.6 Å². The average Bonchev–Trinajstić information content (AvgIpc) is 3.01. The van der Waals surface area contributed by atoms with Crippen LogP contribution >= 0.6 is 0 Å². The number of carbonyl (C=O) groups is 1. The molecule has 23 heavy (non-hydrogen) atoms. The summed E-state index contributed by atoms with van der Waals surface area (Å²) in [6.07, 6.45) is 4.43. The summed E-state index contributed by atoms with van der Waals surface area (Å²) >= 11 is 0. The van der Waals surface area contributed by atoms with Gasteiger partial charge in [0.1, 0.15) is 5.82 Å². The Kier molecular flexibility index (Phi) is 5.08. The van der Waals surface area contributed by atoms with Crippen molar-refractivity contribution in [1.29, 1.82) is 0 Å². The van der Waals surface area contributed by atoms with Gasteiger partial charge >= 0.3 is 0 Å². The predicted octanol–water partition coefficient (Wildman–Crippen LogP) is 2.45. The first-order chi connectivity index (χ1) is 11.2. The fourth-order valence-electron chi connectivity index (χ4n) is 3.10. The molecule has 2 aromatic rings. The van der Waals surface area contributed by atoms with Gasteiger partial charge in [-0.2, -0.15) is 5.10 Å². The number of carbonyl (C=O) groups excluding carboxylic acids is 1. The zero-order chi connectivity index (χ0) is 16.1. The smallest absolute Gasteiger partial charge is 0.228 e. The highest BCUT2D eigenvalue weighted by Crippen LogP contribution is 2.18. The molecule has 1 amide bonds. The molecule has 2 N–H and O–H groups in total. The zero-order valence-electron chi connectivity index (χ0n) is 13.5. The van der Waals surface area contributed by atoms with Crippen LogP contribution in [0.1, 0.15) is 25.3 Å². The van der Waals surface area contributed by atoms with Gasteiger partial charge in [-0.15, -0.1) is 0 Å². The third kappa shape index (κ3) is 4.20. The summed E-state index contributed by atoms with van der Waals surface area (Å²) in [5.41, 5.74) is 1.27. The van der Waals surface area contributed by atoms with Crippen molar-refractivity contribution in [2.75, 3.05) is 11.9 Å². The number of anilines is 1. The molecule has 0 radical (unpaired) electrons. The molecule has 0 spiro atoms. The number of aryl methyl sites for hydroxylation is 2. The summed E-state index contributed by atoms with van der Waals surface area (Å²) in [6.45, 7) is 3.80. The zero-order valence-corrected chi connectivity index (χ0v) is 13.5. The van der Waals surface area contributed by atoms with Crippen LogP contribution in [-0.4, -0.2) is 28.3 Å². The van der Waals surface area contributed by atoms with Crippen molar-refractivity contribution in [3.05, 3.63) is 48.2 Å². The maximum atomic E-state index is 12.5. The molecule has 3 rings (SSSR count). The summed E-state index contributed by atoms with van der Waals surface area (Å²) < 4.78 is 1.87. The lowest BCUT2D eigenvalue weighted by molar-refractivity contribution is -0.120. The minimum atomic E-state index is 0.0868. The molecule has 1 aliphatic heterocycles. The number of benzene rings is 1. The Morgan fingerprint density at radius 2 is 2.17 bits per heavy atom. The molecule has 2 heterocycles. The van der Waals surface area contributed by atoms with Crippen molar-refractivity contribution in [2.24, 2.45) is 5.92 Å². The van der Waals surface area contributed by atoms with Crippen molar-refractivity contribution in [3.63, 3.8) is 0 Å². The molecule has 5 nitrogen and oxygen atoms in total. The first-order valence-corrected chi connectivity index (χ1v) is 8.32. The Hall–Kier alpha value is -2.14. The maximum Gasteiger partial charge on any atom is 0.228 e. The number of nitrogens with zero attached hydrogens (tertiary/aromatic N) is 2. The molecule has 122 valence electrons. The van der Waals surface area contributed by atoms with E-state index >= 15 is 0 Å². The minimum absolute atomic E-state index is 0.0868. The van der Waals surface area contributed by atoms with Crippen LogP contribution in [-0.2, 0) is 17.8 Å². The Labute approximate surface area is 137 Å². The van der Waals surface area contributed by atoms with Crippen LogP contribution in [0, 0.1) is 5.92 Å². The van der Waals surface area contributed by atoms with Crippen molar-refractivity contribution in [2.45, 2.75) is 38.8 Å². The van der Waals surface area contributed by atoms with Crippen LogP contribution in [0.2, 0.25) is 0 Å². The summed E-state index contributed by atoms with van der Waals surface area (Å²) in [5, 5.41) is 10.8. The number of piperidine rings is 1. The first-order valence-electron chi connectivity index (χ1n) is 8.32. The van der Waals surface area contributed by atoms with Crippen molar-refractivity contribution in [3.8, 4) is 0 Å².